The molecule has 3 aliphatic heterocycles. The number of thiazole rings is 1. The van der Waals surface area contributed by atoms with E-state index in [1.165, 1.54) is 17.5 Å². The van der Waals surface area contributed by atoms with Crippen LogP contribution in [-0.2, 0) is 16.0 Å². The lowest BCUT2D eigenvalue weighted by Gasteiger charge is -2.61. The van der Waals surface area contributed by atoms with Gasteiger partial charge in [-0.05, 0) is 25.8 Å². The van der Waals surface area contributed by atoms with E-state index in [0.29, 0.717) is 54.1 Å². The zero-order chi connectivity index (χ0) is 29.2. The van der Waals surface area contributed by atoms with Gasteiger partial charge in [0, 0.05) is 50.8 Å². The molecule has 11 heteroatoms. The van der Waals surface area contributed by atoms with Crippen LogP contribution in [0.4, 0.5) is 20.9 Å². The third-order valence-electron chi connectivity index (χ3n) is 8.78. The third kappa shape index (κ3) is 4.32. The molecule has 1 spiro atoms. The smallest absolute Gasteiger partial charge is 0.228 e. The number of pyridine rings is 1. The second-order valence-corrected chi connectivity index (χ2v) is 12.8. The molecule has 3 fully saturated rings. The number of aryl methyl sites for hydroxylation is 2. The van der Waals surface area contributed by atoms with E-state index >= 15 is 4.39 Å². The Morgan fingerprint density at radius 3 is 2.69 bits per heavy atom. The molecule has 216 valence electrons. The maximum absolute atomic E-state index is 15.4. The largest absolute Gasteiger partial charge is 0.381 e. The molecule has 0 aliphatic carbocycles. The van der Waals surface area contributed by atoms with Crippen LogP contribution in [0, 0.1) is 35.4 Å². The fraction of sp³-hybridized carbons (Fsp3) is 0.419. The molecule has 0 bridgehead atoms. The SMILES string of the molecule is CCc1nn2cc(F)c(N3CC4(CN(C(=O)[C@@H]5CCOC5)C4)C3)cc2c1N(C)c1nc(-c2ccc(C)cc2)c(C#N)s1. The number of halogens is 1. The molecule has 4 aromatic rings. The zero-order valence-electron chi connectivity index (χ0n) is 23.9. The minimum Gasteiger partial charge on any atom is -0.381 e. The summed E-state index contributed by atoms with van der Waals surface area (Å²) in [6, 6.07) is 12.2. The van der Waals surface area contributed by atoms with Crippen molar-refractivity contribution >= 4 is 39.3 Å². The minimum atomic E-state index is -0.324. The second-order valence-electron chi connectivity index (χ2n) is 11.8. The maximum Gasteiger partial charge on any atom is 0.228 e. The summed E-state index contributed by atoms with van der Waals surface area (Å²) >= 11 is 1.34. The van der Waals surface area contributed by atoms with Crippen LogP contribution in [0.25, 0.3) is 16.8 Å². The fourth-order valence-corrected chi connectivity index (χ4v) is 7.36. The van der Waals surface area contributed by atoms with Crippen molar-refractivity contribution < 1.29 is 13.9 Å². The number of anilines is 3. The summed E-state index contributed by atoms with van der Waals surface area (Å²) in [5, 5.41) is 15.2. The molecule has 1 amide bonds. The van der Waals surface area contributed by atoms with Crippen LogP contribution in [0.2, 0.25) is 0 Å². The molecule has 9 nitrogen and oxygen atoms in total. The van der Waals surface area contributed by atoms with Crippen LogP contribution < -0.4 is 9.80 Å². The highest BCUT2D eigenvalue weighted by Crippen LogP contribution is 2.45. The summed E-state index contributed by atoms with van der Waals surface area (Å²) in [6.45, 7) is 8.09. The topological polar surface area (TPSA) is 90.0 Å². The first-order valence-corrected chi connectivity index (χ1v) is 15.1. The first kappa shape index (κ1) is 26.9. The number of nitriles is 1. The molecule has 42 heavy (non-hydrogen) atoms. The Morgan fingerprint density at radius 1 is 1.26 bits per heavy atom. The van der Waals surface area contributed by atoms with Crippen LogP contribution in [0.15, 0.2) is 36.5 Å². The highest BCUT2D eigenvalue weighted by atomic mass is 32.1. The summed E-state index contributed by atoms with van der Waals surface area (Å²) in [7, 11) is 1.92. The van der Waals surface area contributed by atoms with Crippen LogP contribution in [0.3, 0.4) is 0 Å². The number of hydrogen-bond donors (Lipinski definition) is 0. The number of ether oxygens (including phenoxy) is 1. The van der Waals surface area contributed by atoms with Crippen molar-refractivity contribution in [1.29, 1.82) is 5.26 Å². The number of aromatic nitrogens is 3. The Kier molecular flexibility index (Phi) is 6.44. The van der Waals surface area contributed by atoms with Gasteiger partial charge in [-0.1, -0.05) is 48.1 Å². The van der Waals surface area contributed by atoms with Gasteiger partial charge in [0.1, 0.15) is 16.6 Å². The van der Waals surface area contributed by atoms with Crippen LogP contribution in [0.1, 0.15) is 29.5 Å². The highest BCUT2D eigenvalue weighted by Gasteiger charge is 2.54. The first-order valence-electron chi connectivity index (χ1n) is 14.3. The lowest BCUT2D eigenvalue weighted by molar-refractivity contribution is -0.149. The van der Waals surface area contributed by atoms with Crippen molar-refractivity contribution in [2.24, 2.45) is 11.3 Å². The predicted octanol–water partition coefficient (Wildman–Crippen LogP) is 4.79. The molecule has 1 atom stereocenters. The number of carbonyl (C=O) groups excluding carboxylic acids is 1. The van der Waals surface area contributed by atoms with E-state index in [2.05, 4.69) is 11.0 Å². The number of fused-ring (bicyclic) bond motifs is 1. The molecule has 0 N–H and O–H groups in total. The number of hydrogen-bond acceptors (Lipinski definition) is 8. The number of rotatable bonds is 6. The lowest BCUT2D eigenvalue weighted by Crippen LogP contribution is -2.73. The van der Waals surface area contributed by atoms with E-state index in [-0.39, 0.29) is 23.1 Å². The molecule has 6 heterocycles. The Bertz CT molecular complexity index is 1720. The standard InChI is InChI=1S/C31H32FN7O2S/c1-4-23-28(36(3)30-34-27(26(12-33)42-30)20-7-5-19(2)6-8-20)25-11-24(22(32)13-39(25)35-23)37-15-31(16-37)17-38(18-31)29(40)21-9-10-41-14-21/h5-8,11,13,21H,4,9-10,14-18H2,1-3H3/t21-/m1/s1. The number of carbonyl (C=O) groups is 1. The van der Waals surface area contributed by atoms with Gasteiger partial charge in [-0.25, -0.2) is 13.9 Å². The minimum absolute atomic E-state index is 0.0153. The molecular formula is C31H32FN7O2S. The average molecular weight is 586 g/mol. The fourth-order valence-electron chi connectivity index (χ4n) is 6.51. The van der Waals surface area contributed by atoms with E-state index in [9.17, 15) is 10.1 Å². The van der Waals surface area contributed by atoms with Gasteiger partial charge in [0.2, 0.25) is 5.91 Å². The van der Waals surface area contributed by atoms with Gasteiger partial charge in [0.25, 0.3) is 0 Å². The number of nitrogens with zero attached hydrogens (tertiary/aromatic N) is 7. The second kappa shape index (κ2) is 10.1. The van der Waals surface area contributed by atoms with Crippen LogP contribution in [0.5, 0.6) is 0 Å². The maximum atomic E-state index is 15.4. The van der Waals surface area contributed by atoms with Gasteiger partial charge < -0.3 is 19.4 Å². The first-order chi connectivity index (χ1) is 20.3. The van der Waals surface area contributed by atoms with E-state index in [4.69, 9.17) is 14.8 Å². The number of likely N-dealkylation sites (tertiary alicyclic amines) is 1. The third-order valence-corrected chi connectivity index (χ3v) is 9.82. The van der Waals surface area contributed by atoms with Gasteiger partial charge >= 0.3 is 0 Å². The molecular weight excluding hydrogens is 553 g/mol. The van der Waals surface area contributed by atoms with Crippen molar-refractivity contribution in [2.75, 3.05) is 56.2 Å². The van der Waals surface area contributed by atoms with Crippen molar-refractivity contribution in [3.8, 4) is 17.3 Å². The van der Waals surface area contributed by atoms with Crippen molar-refractivity contribution in [2.45, 2.75) is 26.7 Å². The van der Waals surface area contributed by atoms with Gasteiger partial charge in [-0.3, -0.25) is 4.79 Å². The van der Waals surface area contributed by atoms with E-state index in [1.54, 1.807) is 4.52 Å². The summed E-state index contributed by atoms with van der Waals surface area (Å²) in [5.74, 6) is -0.149. The normalized spacial score (nSPS) is 19.2. The van der Waals surface area contributed by atoms with E-state index in [0.717, 1.165) is 47.5 Å². The molecule has 3 saturated heterocycles. The number of amides is 1. The Hall–Kier alpha value is -4.01. The summed E-state index contributed by atoms with van der Waals surface area (Å²) in [4.78, 5) is 24.1. The van der Waals surface area contributed by atoms with Gasteiger partial charge in [0.15, 0.2) is 10.9 Å². The lowest BCUT2D eigenvalue weighted by atomic mass is 9.72. The monoisotopic (exact) mass is 585 g/mol. The Labute approximate surface area is 247 Å². The number of benzene rings is 1. The molecule has 7 rings (SSSR count). The van der Waals surface area contributed by atoms with Gasteiger partial charge in [0.05, 0.1) is 41.3 Å². The van der Waals surface area contributed by atoms with Crippen molar-refractivity contribution in [3.05, 3.63) is 58.5 Å². The van der Waals surface area contributed by atoms with Crippen LogP contribution >= 0.6 is 11.3 Å². The van der Waals surface area contributed by atoms with Gasteiger partial charge in [-0.2, -0.15) is 10.4 Å². The van der Waals surface area contributed by atoms with Crippen molar-refractivity contribution in [3.63, 3.8) is 0 Å². The van der Waals surface area contributed by atoms with E-state index in [1.807, 2.05) is 61.0 Å². The predicted molar refractivity (Wildman–Crippen MR) is 160 cm³/mol. The Balaban J connectivity index is 1.15. The van der Waals surface area contributed by atoms with Crippen molar-refractivity contribution in [1.82, 2.24) is 19.5 Å². The average Bonchev–Trinajstić information content (AvgIpc) is 3.70. The van der Waals surface area contributed by atoms with Gasteiger partial charge in [-0.15, -0.1) is 0 Å². The molecule has 0 unspecified atom stereocenters. The Morgan fingerprint density at radius 2 is 2.02 bits per heavy atom. The zero-order valence-corrected chi connectivity index (χ0v) is 24.7. The molecule has 0 saturated carbocycles. The summed E-state index contributed by atoms with van der Waals surface area (Å²) in [6.07, 6.45) is 2.90. The molecule has 1 aromatic carbocycles. The summed E-state index contributed by atoms with van der Waals surface area (Å²) in [5.41, 5.74) is 5.72. The highest BCUT2D eigenvalue weighted by molar-refractivity contribution is 7.16. The molecule has 0 radical (unpaired) electrons. The quantitative estimate of drug-likeness (QED) is 0.321. The molecule has 3 aromatic heterocycles. The van der Waals surface area contributed by atoms with E-state index < -0.39 is 0 Å². The summed E-state index contributed by atoms with van der Waals surface area (Å²) < 4.78 is 22.4. The molecule has 3 aliphatic rings. The van der Waals surface area contributed by atoms with Crippen LogP contribution in [-0.4, -0.2) is 71.8 Å².